The minimum Gasteiger partial charge on any atom is -0.395 e. The fraction of sp³-hybridized carbons (Fsp3) is 0.211. The lowest BCUT2D eigenvalue weighted by Gasteiger charge is -2.22. The normalized spacial score (nSPS) is 14.4. The van der Waals surface area contributed by atoms with Crippen molar-refractivity contribution in [3.63, 3.8) is 0 Å². The van der Waals surface area contributed by atoms with E-state index in [4.69, 9.17) is 0 Å². The molecule has 1 aliphatic rings. The predicted molar refractivity (Wildman–Crippen MR) is 92.3 cm³/mol. The zero-order valence-electron chi connectivity index (χ0n) is 13.6. The molecule has 1 amide bonds. The molecule has 0 radical (unpaired) electrons. The number of nitrogens with one attached hydrogen (secondary N) is 1. The number of carbonyl (C=O) groups excluding carboxylic acids is 1. The van der Waals surface area contributed by atoms with Gasteiger partial charge in [0.2, 0.25) is 5.91 Å². The van der Waals surface area contributed by atoms with Gasteiger partial charge in [-0.25, -0.2) is 0 Å². The Morgan fingerprint density at radius 2 is 2.04 bits per heavy atom. The summed E-state index contributed by atoms with van der Waals surface area (Å²) in [6, 6.07) is 13.2. The van der Waals surface area contributed by atoms with Crippen LogP contribution in [0.1, 0.15) is 22.7 Å². The molecule has 0 saturated carbocycles. The fourth-order valence-corrected chi connectivity index (χ4v) is 3.27. The first-order valence-corrected chi connectivity index (χ1v) is 8.19. The molecule has 126 valence electrons. The van der Waals surface area contributed by atoms with Crippen LogP contribution in [0, 0.1) is 0 Å². The maximum atomic E-state index is 12.9. The summed E-state index contributed by atoms with van der Waals surface area (Å²) >= 11 is 0. The van der Waals surface area contributed by atoms with Gasteiger partial charge in [0.1, 0.15) is 0 Å². The van der Waals surface area contributed by atoms with E-state index < -0.39 is 5.92 Å². The van der Waals surface area contributed by atoms with Gasteiger partial charge < -0.3 is 10.0 Å². The molecule has 0 saturated heterocycles. The maximum absolute atomic E-state index is 12.9. The highest BCUT2D eigenvalue weighted by Crippen LogP contribution is 2.32. The number of aliphatic hydroxyl groups is 1. The average molecular weight is 334 g/mol. The number of aromatic amines is 1. The largest absolute Gasteiger partial charge is 0.395 e. The lowest BCUT2D eigenvalue weighted by atomic mass is 9.98. The number of nitrogens with zero attached hydrogens (tertiary/aromatic N) is 3. The van der Waals surface area contributed by atoms with E-state index in [0.717, 1.165) is 28.1 Å². The first kappa shape index (κ1) is 15.5. The molecule has 3 heterocycles. The van der Waals surface area contributed by atoms with Crippen molar-refractivity contribution < 1.29 is 9.90 Å². The summed E-state index contributed by atoms with van der Waals surface area (Å²) in [5, 5.41) is 17.1. The maximum Gasteiger partial charge on any atom is 0.233 e. The number of hydrogen-bond donors (Lipinski definition) is 2. The van der Waals surface area contributed by atoms with Crippen LogP contribution in [0.4, 0.5) is 0 Å². The van der Waals surface area contributed by atoms with E-state index in [0.29, 0.717) is 13.1 Å². The van der Waals surface area contributed by atoms with Gasteiger partial charge in [-0.05, 0) is 17.7 Å². The van der Waals surface area contributed by atoms with Crippen molar-refractivity contribution in [2.45, 2.75) is 19.0 Å². The van der Waals surface area contributed by atoms with Gasteiger partial charge in [0.25, 0.3) is 0 Å². The van der Waals surface area contributed by atoms with Crippen LogP contribution in [-0.4, -0.2) is 37.7 Å². The van der Waals surface area contributed by atoms with E-state index in [2.05, 4.69) is 15.2 Å². The summed E-state index contributed by atoms with van der Waals surface area (Å²) in [5.74, 6) is -0.615. The summed E-state index contributed by atoms with van der Waals surface area (Å²) in [4.78, 5) is 18.8. The first-order valence-electron chi connectivity index (χ1n) is 8.19. The smallest absolute Gasteiger partial charge is 0.233 e. The van der Waals surface area contributed by atoms with Crippen LogP contribution in [0.2, 0.25) is 0 Å². The van der Waals surface area contributed by atoms with E-state index >= 15 is 0 Å². The summed E-state index contributed by atoms with van der Waals surface area (Å²) in [5.41, 5.74) is 4.55. The van der Waals surface area contributed by atoms with Crippen molar-refractivity contribution in [3.8, 4) is 11.3 Å². The molecule has 0 fully saturated rings. The molecule has 25 heavy (non-hydrogen) atoms. The lowest BCUT2D eigenvalue weighted by Crippen LogP contribution is -2.32. The third-order valence-corrected chi connectivity index (χ3v) is 4.58. The molecular weight excluding hydrogens is 316 g/mol. The Hall–Kier alpha value is -2.99. The number of benzene rings is 1. The van der Waals surface area contributed by atoms with Crippen LogP contribution in [-0.2, 0) is 17.9 Å². The van der Waals surface area contributed by atoms with Gasteiger partial charge in [-0.1, -0.05) is 30.3 Å². The van der Waals surface area contributed by atoms with Crippen LogP contribution in [0.15, 0.2) is 54.9 Å². The molecule has 1 aromatic carbocycles. The predicted octanol–water partition coefficient (Wildman–Crippen LogP) is 2.09. The van der Waals surface area contributed by atoms with E-state index in [1.807, 2.05) is 42.5 Å². The molecule has 1 aliphatic heterocycles. The number of amides is 1. The lowest BCUT2D eigenvalue weighted by molar-refractivity contribution is -0.134. The van der Waals surface area contributed by atoms with Crippen molar-refractivity contribution in [2.75, 3.05) is 6.61 Å². The number of hydrogen-bond acceptors (Lipinski definition) is 4. The standard InChI is InChI=1S/C19H18N4O2/c24-12-16(13-5-2-1-3-6-13)19(25)23-10-15-17(11-23)21-22-18(15)14-7-4-8-20-9-14/h1-9,16,24H,10-12H2,(H,21,22). The van der Waals surface area contributed by atoms with Crippen LogP contribution in [0.25, 0.3) is 11.3 Å². The molecule has 2 aromatic heterocycles. The Morgan fingerprint density at radius 1 is 1.20 bits per heavy atom. The molecule has 1 unspecified atom stereocenters. The second-order valence-electron chi connectivity index (χ2n) is 6.11. The number of rotatable bonds is 4. The highest BCUT2D eigenvalue weighted by molar-refractivity contribution is 5.84. The highest BCUT2D eigenvalue weighted by Gasteiger charge is 2.32. The van der Waals surface area contributed by atoms with Gasteiger partial charge in [0.15, 0.2) is 0 Å². The van der Waals surface area contributed by atoms with Gasteiger partial charge in [-0.15, -0.1) is 0 Å². The Balaban J connectivity index is 1.58. The van der Waals surface area contributed by atoms with Crippen molar-refractivity contribution in [1.29, 1.82) is 0 Å². The van der Waals surface area contributed by atoms with Crippen molar-refractivity contribution in [2.24, 2.45) is 0 Å². The topological polar surface area (TPSA) is 82.1 Å². The highest BCUT2D eigenvalue weighted by atomic mass is 16.3. The molecule has 0 aliphatic carbocycles. The van der Waals surface area contributed by atoms with Crippen molar-refractivity contribution in [3.05, 3.63) is 71.7 Å². The third-order valence-electron chi connectivity index (χ3n) is 4.58. The number of H-pyrrole nitrogens is 1. The molecule has 1 atom stereocenters. The molecular formula is C19H18N4O2. The number of pyridine rings is 1. The number of aromatic nitrogens is 3. The van der Waals surface area contributed by atoms with Crippen LogP contribution < -0.4 is 0 Å². The molecule has 3 aromatic rings. The summed E-state index contributed by atoms with van der Waals surface area (Å²) < 4.78 is 0. The number of fused-ring (bicyclic) bond motifs is 1. The Bertz CT molecular complexity index is 877. The summed E-state index contributed by atoms with van der Waals surface area (Å²) in [7, 11) is 0. The van der Waals surface area contributed by atoms with Crippen LogP contribution in [0.5, 0.6) is 0 Å². The Morgan fingerprint density at radius 3 is 2.76 bits per heavy atom. The van der Waals surface area contributed by atoms with Crippen molar-refractivity contribution in [1.82, 2.24) is 20.1 Å². The first-order chi connectivity index (χ1) is 12.3. The molecule has 4 rings (SSSR count). The molecule has 2 N–H and O–H groups in total. The quantitative estimate of drug-likeness (QED) is 0.765. The average Bonchev–Trinajstić information content (AvgIpc) is 3.24. The SMILES string of the molecule is O=C(C(CO)c1ccccc1)N1Cc2[nH]nc(-c3cccnc3)c2C1. The third kappa shape index (κ3) is 2.81. The zero-order chi connectivity index (χ0) is 17.2. The Labute approximate surface area is 145 Å². The van der Waals surface area contributed by atoms with E-state index in [9.17, 15) is 9.90 Å². The van der Waals surface area contributed by atoms with Crippen LogP contribution in [0.3, 0.4) is 0 Å². The number of carbonyl (C=O) groups is 1. The second kappa shape index (κ2) is 6.49. The van der Waals surface area contributed by atoms with E-state index in [-0.39, 0.29) is 12.5 Å². The van der Waals surface area contributed by atoms with Gasteiger partial charge >= 0.3 is 0 Å². The van der Waals surface area contributed by atoms with Crippen LogP contribution >= 0.6 is 0 Å². The molecule has 6 nitrogen and oxygen atoms in total. The molecule has 0 spiro atoms. The van der Waals surface area contributed by atoms with Gasteiger partial charge in [0, 0.05) is 23.5 Å². The van der Waals surface area contributed by atoms with E-state index in [1.54, 1.807) is 17.3 Å². The second-order valence-corrected chi connectivity index (χ2v) is 6.11. The monoisotopic (exact) mass is 334 g/mol. The van der Waals surface area contributed by atoms with Gasteiger partial charge in [0.05, 0.1) is 37.0 Å². The van der Waals surface area contributed by atoms with E-state index in [1.165, 1.54) is 0 Å². The fourth-order valence-electron chi connectivity index (χ4n) is 3.27. The minimum absolute atomic E-state index is 0.0737. The van der Waals surface area contributed by atoms with Gasteiger partial charge in [-0.2, -0.15) is 5.10 Å². The summed E-state index contributed by atoms with van der Waals surface area (Å²) in [6.45, 7) is 0.754. The van der Waals surface area contributed by atoms with Crippen molar-refractivity contribution >= 4 is 5.91 Å². The van der Waals surface area contributed by atoms with Gasteiger partial charge in [-0.3, -0.25) is 14.9 Å². The number of aliphatic hydroxyl groups excluding tert-OH is 1. The molecule has 0 bridgehead atoms. The summed E-state index contributed by atoms with van der Waals surface area (Å²) in [6.07, 6.45) is 3.49. The minimum atomic E-state index is -0.542. The Kier molecular flexibility index (Phi) is 4.03. The zero-order valence-corrected chi connectivity index (χ0v) is 13.6. The molecule has 6 heteroatoms.